The van der Waals surface area contributed by atoms with E-state index >= 15 is 0 Å². The predicted octanol–water partition coefficient (Wildman–Crippen LogP) is 7.65. The summed E-state index contributed by atoms with van der Waals surface area (Å²) in [5.74, 6) is 2.07. The molecule has 0 unspecified atom stereocenters. The first-order chi connectivity index (χ1) is 15.1. The molecule has 2 aliphatic rings. The summed E-state index contributed by atoms with van der Waals surface area (Å²) in [5, 5.41) is 3.37. The van der Waals surface area contributed by atoms with E-state index in [1.165, 1.54) is 37.5 Å². The molecule has 2 fully saturated rings. The smallest absolute Gasteiger partial charge is 0.169 e. The van der Waals surface area contributed by atoms with Gasteiger partial charge in [-0.15, -0.1) is 0 Å². The third-order valence-electron chi connectivity index (χ3n) is 6.35. The fraction of sp³-hybridized carbons (Fsp3) is 0.520. The van der Waals surface area contributed by atoms with Crippen molar-refractivity contribution in [3.05, 3.63) is 36.4 Å². The highest BCUT2D eigenvalue weighted by Crippen LogP contribution is 2.44. The largest absolute Gasteiger partial charge is 0.494 e. The molecule has 2 aromatic rings. The second kappa shape index (κ2) is 10.6. The van der Waals surface area contributed by atoms with Crippen LogP contribution in [-0.4, -0.2) is 39.5 Å². The number of fused-ring (bicyclic) bond motifs is 1. The van der Waals surface area contributed by atoms with Crippen LogP contribution < -0.4 is 4.74 Å². The summed E-state index contributed by atoms with van der Waals surface area (Å²) >= 11 is 9.31. The molecule has 4 rings (SSSR count). The molecule has 1 aliphatic carbocycles. The van der Waals surface area contributed by atoms with Crippen molar-refractivity contribution in [1.82, 2.24) is 4.90 Å². The maximum absolute atomic E-state index is 5.96. The van der Waals surface area contributed by atoms with Gasteiger partial charge in [-0.25, -0.2) is 4.99 Å². The van der Waals surface area contributed by atoms with Crippen molar-refractivity contribution in [2.24, 2.45) is 10.4 Å². The molecule has 3 nitrogen and oxygen atoms in total. The van der Waals surface area contributed by atoms with Gasteiger partial charge in [0.2, 0.25) is 0 Å². The Labute approximate surface area is 200 Å². The van der Waals surface area contributed by atoms with Crippen LogP contribution >= 0.6 is 35.7 Å². The SMILES string of the molecule is CCCCOc1ccc2cccc(N=C3SCC4(CCCCC4)CN3C(=S)SC)c2c1. The van der Waals surface area contributed by atoms with Crippen LogP contribution in [0.3, 0.4) is 0 Å². The highest BCUT2D eigenvalue weighted by atomic mass is 32.2. The van der Waals surface area contributed by atoms with Gasteiger partial charge in [-0.3, -0.25) is 0 Å². The van der Waals surface area contributed by atoms with Crippen LogP contribution in [-0.2, 0) is 0 Å². The quantitative estimate of drug-likeness (QED) is 0.329. The van der Waals surface area contributed by atoms with Gasteiger partial charge in [0.05, 0.1) is 12.3 Å². The number of ether oxygens (including phenoxy) is 1. The summed E-state index contributed by atoms with van der Waals surface area (Å²) in [6, 6.07) is 12.7. The van der Waals surface area contributed by atoms with Crippen molar-refractivity contribution in [2.45, 2.75) is 51.9 Å². The minimum absolute atomic E-state index is 0.390. The third kappa shape index (κ3) is 5.40. The highest BCUT2D eigenvalue weighted by Gasteiger charge is 2.40. The number of rotatable bonds is 5. The van der Waals surface area contributed by atoms with E-state index in [0.717, 1.165) is 58.1 Å². The van der Waals surface area contributed by atoms with Crippen LogP contribution in [0.15, 0.2) is 41.4 Å². The van der Waals surface area contributed by atoms with Crippen LogP contribution in [0.25, 0.3) is 10.8 Å². The van der Waals surface area contributed by atoms with Gasteiger partial charge < -0.3 is 9.64 Å². The molecule has 0 atom stereocenters. The van der Waals surface area contributed by atoms with E-state index < -0.39 is 0 Å². The Morgan fingerprint density at radius 3 is 2.84 bits per heavy atom. The van der Waals surface area contributed by atoms with Gasteiger partial charge in [-0.05, 0) is 54.5 Å². The summed E-state index contributed by atoms with van der Waals surface area (Å²) in [4.78, 5) is 7.47. The van der Waals surface area contributed by atoms with Crippen LogP contribution in [0.5, 0.6) is 5.75 Å². The number of thioether (sulfide) groups is 2. The molecule has 1 saturated heterocycles. The third-order valence-corrected chi connectivity index (χ3v) is 8.97. The lowest BCUT2D eigenvalue weighted by Crippen LogP contribution is -2.48. The zero-order valence-electron chi connectivity index (χ0n) is 18.6. The van der Waals surface area contributed by atoms with Crippen LogP contribution in [0.2, 0.25) is 0 Å². The minimum Gasteiger partial charge on any atom is -0.494 e. The van der Waals surface area contributed by atoms with E-state index in [0.29, 0.717) is 5.41 Å². The summed E-state index contributed by atoms with van der Waals surface area (Å²) in [6.07, 6.45) is 11.0. The van der Waals surface area contributed by atoms with Crippen molar-refractivity contribution in [2.75, 3.05) is 25.2 Å². The zero-order valence-corrected chi connectivity index (χ0v) is 21.0. The number of unbranched alkanes of at least 4 members (excludes halogenated alkanes) is 1. The van der Waals surface area contributed by atoms with Gasteiger partial charge >= 0.3 is 0 Å². The van der Waals surface area contributed by atoms with E-state index in [1.807, 2.05) is 11.8 Å². The lowest BCUT2D eigenvalue weighted by molar-refractivity contribution is 0.194. The Kier molecular flexibility index (Phi) is 7.83. The molecule has 0 aromatic heterocycles. The molecule has 1 saturated carbocycles. The van der Waals surface area contributed by atoms with E-state index in [9.17, 15) is 0 Å². The maximum Gasteiger partial charge on any atom is 0.169 e. The fourth-order valence-electron chi connectivity index (χ4n) is 4.55. The second-order valence-corrected chi connectivity index (χ2v) is 11.0. The summed E-state index contributed by atoms with van der Waals surface area (Å²) in [6.45, 7) is 3.95. The topological polar surface area (TPSA) is 24.8 Å². The molecular weight excluding hydrogens is 440 g/mol. The molecular formula is C25H32N2OS3. The van der Waals surface area contributed by atoms with Crippen molar-refractivity contribution in [3.63, 3.8) is 0 Å². The van der Waals surface area contributed by atoms with Gasteiger partial charge in [0.1, 0.15) is 10.1 Å². The molecule has 0 radical (unpaired) electrons. The molecule has 6 heteroatoms. The number of hydrogen-bond acceptors (Lipinski definition) is 5. The van der Waals surface area contributed by atoms with Gasteiger partial charge in [0.15, 0.2) is 5.17 Å². The Bertz CT molecular complexity index is 953. The molecule has 166 valence electrons. The van der Waals surface area contributed by atoms with E-state index in [2.05, 4.69) is 54.5 Å². The van der Waals surface area contributed by atoms with Gasteiger partial charge in [-0.1, -0.05) is 86.5 Å². The summed E-state index contributed by atoms with van der Waals surface area (Å²) in [7, 11) is 0. The van der Waals surface area contributed by atoms with E-state index in [1.54, 1.807) is 11.8 Å². The van der Waals surface area contributed by atoms with Crippen LogP contribution in [0.4, 0.5) is 5.69 Å². The standard InChI is InChI=1S/C25H32N2OS3/c1-3-4-15-28-20-12-11-19-9-8-10-22(21(19)16-20)26-23-27(24(29)30-2)17-25(18-31-23)13-6-5-7-14-25/h8-12,16H,3-7,13-15,17-18H2,1-2H3. The molecule has 2 aromatic carbocycles. The molecule has 1 heterocycles. The number of aliphatic imine (C=N–C) groups is 1. The second-order valence-electron chi connectivity index (χ2n) is 8.66. The number of hydrogen-bond donors (Lipinski definition) is 0. The summed E-state index contributed by atoms with van der Waals surface area (Å²) in [5.41, 5.74) is 1.38. The van der Waals surface area contributed by atoms with Gasteiger partial charge in [-0.2, -0.15) is 0 Å². The first-order valence-corrected chi connectivity index (χ1v) is 14.0. The zero-order chi connectivity index (χ0) is 21.7. The number of benzene rings is 2. The van der Waals surface area contributed by atoms with E-state index in [-0.39, 0.29) is 0 Å². The first kappa shape index (κ1) is 22.9. The van der Waals surface area contributed by atoms with Crippen LogP contribution in [0, 0.1) is 5.41 Å². The molecule has 1 spiro atoms. The predicted molar refractivity (Wildman–Crippen MR) is 142 cm³/mol. The normalized spacial score (nSPS) is 19.8. The molecule has 0 bridgehead atoms. The number of nitrogens with zero attached hydrogens (tertiary/aromatic N) is 2. The Morgan fingerprint density at radius 1 is 1.23 bits per heavy atom. The lowest BCUT2D eigenvalue weighted by Gasteiger charge is -2.45. The lowest BCUT2D eigenvalue weighted by atomic mass is 9.75. The fourth-order valence-corrected chi connectivity index (χ4v) is 6.48. The maximum atomic E-state index is 5.96. The average molecular weight is 473 g/mol. The molecule has 0 amide bonds. The van der Waals surface area contributed by atoms with Gasteiger partial charge in [0.25, 0.3) is 0 Å². The van der Waals surface area contributed by atoms with Crippen molar-refractivity contribution < 1.29 is 4.74 Å². The van der Waals surface area contributed by atoms with Crippen molar-refractivity contribution in [3.8, 4) is 5.75 Å². The van der Waals surface area contributed by atoms with Crippen LogP contribution in [0.1, 0.15) is 51.9 Å². The minimum atomic E-state index is 0.390. The molecule has 31 heavy (non-hydrogen) atoms. The molecule has 0 N–H and O–H groups in total. The van der Waals surface area contributed by atoms with Crippen molar-refractivity contribution >= 4 is 61.7 Å². The monoisotopic (exact) mass is 472 g/mol. The highest BCUT2D eigenvalue weighted by molar-refractivity contribution is 8.23. The summed E-state index contributed by atoms with van der Waals surface area (Å²) < 4.78 is 6.89. The Balaban J connectivity index is 1.65. The van der Waals surface area contributed by atoms with Crippen molar-refractivity contribution in [1.29, 1.82) is 0 Å². The number of thiocarbonyl (C=S) groups is 1. The van der Waals surface area contributed by atoms with E-state index in [4.69, 9.17) is 21.9 Å². The Morgan fingerprint density at radius 2 is 2.06 bits per heavy atom. The molecule has 1 aliphatic heterocycles. The average Bonchev–Trinajstić information content (AvgIpc) is 2.81. The first-order valence-electron chi connectivity index (χ1n) is 11.4. The van der Waals surface area contributed by atoms with Gasteiger partial charge in [0, 0.05) is 17.7 Å². The number of amidine groups is 1. The Hall–Kier alpha value is -1.24.